The van der Waals surface area contributed by atoms with Gasteiger partial charge in [-0.15, -0.1) is 0 Å². The van der Waals surface area contributed by atoms with E-state index >= 15 is 0 Å². The molecule has 0 aliphatic heterocycles. The SMILES string of the molecule is CCOCCN(CCOCC)CCC1(NC)CCCCC1. The maximum absolute atomic E-state index is 5.52. The van der Waals surface area contributed by atoms with Crippen molar-refractivity contribution < 1.29 is 9.47 Å². The van der Waals surface area contributed by atoms with Crippen molar-refractivity contribution >= 4 is 0 Å². The second-order valence-electron chi connectivity index (χ2n) is 6.08. The molecule has 4 nitrogen and oxygen atoms in total. The van der Waals surface area contributed by atoms with Gasteiger partial charge in [-0.3, -0.25) is 4.90 Å². The first-order valence-corrected chi connectivity index (χ1v) is 8.83. The van der Waals surface area contributed by atoms with E-state index in [0.717, 1.165) is 46.1 Å². The van der Waals surface area contributed by atoms with Gasteiger partial charge in [-0.1, -0.05) is 19.3 Å². The Hall–Kier alpha value is -0.160. The van der Waals surface area contributed by atoms with E-state index in [1.54, 1.807) is 0 Å². The van der Waals surface area contributed by atoms with Crippen molar-refractivity contribution in [3.05, 3.63) is 0 Å². The highest BCUT2D eigenvalue weighted by molar-refractivity contribution is 4.90. The third-order valence-corrected chi connectivity index (χ3v) is 4.76. The third-order valence-electron chi connectivity index (χ3n) is 4.76. The molecule has 1 rings (SSSR count). The first-order chi connectivity index (χ1) is 10.3. The van der Waals surface area contributed by atoms with E-state index in [-0.39, 0.29) is 0 Å². The van der Waals surface area contributed by atoms with E-state index in [9.17, 15) is 0 Å². The first kappa shape index (κ1) is 18.9. The predicted molar refractivity (Wildman–Crippen MR) is 88.9 cm³/mol. The zero-order chi connectivity index (χ0) is 15.4. The van der Waals surface area contributed by atoms with Crippen LogP contribution in [0, 0.1) is 0 Å². The van der Waals surface area contributed by atoms with Crippen LogP contribution in [-0.2, 0) is 9.47 Å². The summed E-state index contributed by atoms with van der Waals surface area (Å²) in [5.41, 5.74) is 0.369. The van der Waals surface area contributed by atoms with Crippen LogP contribution in [0.2, 0.25) is 0 Å². The minimum atomic E-state index is 0.369. The molecule has 0 aromatic rings. The first-order valence-electron chi connectivity index (χ1n) is 8.83. The summed E-state index contributed by atoms with van der Waals surface area (Å²) in [6, 6.07) is 0. The fourth-order valence-corrected chi connectivity index (χ4v) is 3.24. The van der Waals surface area contributed by atoms with Gasteiger partial charge < -0.3 is 14.8 Å². The fourth-order valence-electron chi connectivity index (χ4n) is 3.24. The van der Waals surface area contributed by atoms with E-state index in [1.807, 2.05) is 0 Å². The van der Waals surface area contributed by atoms with Crippen molar-refractivity contribution in [2.45, 2.75) is 57.9 Å². The van der Waals surface area contributed by atoms with Gasteiger partial charge in [0.25, 0.3) is 0 Å². The number of rotatable bonds is 12. The van der Waals surface area contributed by atoms with Gasteiger partial charge >= 0.3 is 0 Å². The number of ether oxygens (including phenoxy) is 2. The Morgan fingerprint density at radius 2 is 1.48 bits per heavy atom. The normalized spacial score (nSPS) is 18.3. The molecule has 0 heterocycles. The zero-order valence-corrected chi connectivity index (χ0v) is 14.5. The van der Waals surface area contributed by atoms with Crippen LogP contribution in [0.5, 0.6) is 0 Å². The average molecular weight is 300 g/mol. The molecule has 1 aliphatic carbocycles. The molecular formula is C17H36N2O2. The van der Waals surface area contributed by atoms with Crippen molar-refractivity contribution in [2.24, 2.45) is 0 Å². The Balaban J connectivity index is 2.37. The van der Waals surface area contributed by atoms with E-state index in [4.69, 9.17) is 9.47 Å². The van der Waals surface area contributed by atoms with Crippen molar-refractivity contribution in [3.8, 4) is 0 Å². The lowest BCUT2D eigenvalue weighted by molar-refractivity contribution is 0.0755. The maximum Gasteiger partial charge on any atom is 0.0593 e. The van der Waals surface area contributed by atoms with Crippen LogP contribution < -0.4 is 5.32 Å². The predicted octanol–water partition coefficient (Wildman–Crippen LogP) is 2.67. The molecule has 126 valence electrons. The lowest BCUT2D eigenvalue weighted by atomic mass is 9.79. The van der Waals surface area contributed by atoms with Crippen molar-refractivity contribution in [2.75, 3.05) is 53.1 Å². The molecule has 0 aromatic carbocycles. The Labute approximate surface area is 131 Å². The molecule has 1 aliphatic rings. The van der Waals surface area contributed by atoms with Crippen molar-refractivity contribution in [1.82, 2.24) is 10.2 Å². The molecule has 4 heteroatoms. The molecule has 21 heavy (non-hydrogen) atoms. The maximum atomic E-state index is 5.52. The number of hydrogen-bond acceptors (Lipinski definition) is 4. The molecule has 0 spiro atoms. The zero-order valence-electron chi connectivity index (χ0n) is 14.5. The summed E-state index contributed by atoms with van der Waals surface area (Å²) in [5, 5.41) is 3.62. The van der Waals surface area contributed by atoms with Crippen LogP contribution in [0.3, 0.4) is 0 Å². The van der Waals surface area contributed by atoms with Crippen LogP contribution in [0.25, 0.3) is 0 Å². The van der Waals surface area contributed by atoms with Gasteiger partial charge in [0.05, 0.1) is 13.2 Å². The summed E-state index contributed by atoms with van der Waals surface area (Å²) >= 11 is 0. The standard InChI is InChI=1S/C17H36N2O2/c1-4-20-15-13-19(14-16-21-5-2)12-11-17(18-3)9-7-6-8-10-17/h18H,4-16H2,1-3H3. The van der Waals surface area contributed by atoms with Gasteiger partial charge in [0.15, 0.2) is 0 Å². The Morgan fingerprint density at radius 1 is 0.905 bits per heavy atom. The Morgan fingerprint density at radius 3 is 1.95 bits per heavy atom. The molecule has 1 N–H and O–H groups in total. The largest absolute Gasteiger partial charge is 0.380 e. The highest BCUT2D eigenvalue weighted by atomic mass is 16.5. The molecule has 1 saturated carbocycles. The van der Waals surface area contributed by atoms with Crippen molar-refractivity contribution in [1.29, 1.82) is 0 Å². The summed E-state index contributed by atoms with van der Waals surface area (Å²) in [4.78, 5) is 2.50. The van der Waals surface area contributed by atoms with E-state index in [0.29, 0.717) is 5.54 Å². The highest BCUT2D eigenvalue weighted by Crippen LogP contribution is 2.30. The van der Waals surface area contributed by atoms with Gasteiger partial charge in [0, 0.05) is 38.4 Å². The monoisotopic (exact) mass is 300 g/mol. The average Bonchev–Trinajstić information content (AvgIpc) is 2.53. The number of hydrogen-bond donors (Lipinski definition) is 1. The molecule has 0 radical (unpaired) electrons. The summed E-state index contributed by atoms with van der Waals surface area (Å²) in [7, 11) is 2.13. The Bertz CT molecular complexity index is 233. The summed E-state index contributed by atoms with van der Waals surface area (Å²) < 4.78 is 11.0. The molecule has 0 saturated heterocycles. The van der Waals surface area contributed by atoms with Crippen LogP contribution in [-0.4, -0.2) is 63.5 Å². The van der Waals surface area contributed by atoms with Crippen LogP contribution >= 0.6 is 0 Å². The molecule has 0 atom stereocenters. The molecule has 0 bridgehead atoms. The van der Waals surface area contributed by atoms with E-state index < -0.39 is 0 Å². The lowest BCUT2D eigenvalue weighted by Crippen LogP contribution is -2.47. The summed E-state index contributed by atoms with van der Waals surface area (Å²) in [6.45, 7) is 10.6. The van der Waals surface area contributed by atoms with Gasteiger partial charge in [-0.2, -0.15) is 0 Å². The highest BCUT2D eigenvalue weighted by Gasteiger charge is 2.30. The Kier molecular flexibility index (Phi) is 10.3. The summed E-state index contributed by atoms with van der Waals surface area (Å²) in [5.74, 6) is 0. The second kappa shape index (κ2) is 11.4. The number of nitrogens with zero attached hydrogens (tertiary/aromatic N) is 1. The number of nitrogens with one attached hydrogen (secondary N) is 1. The molecular weight excluding hydrogens is 264 g/mol. The van der Waals surface area contributed by atoms with E-state index in [2.05, 4.69) is 31.1 Å². The summed E-state index contributed by atoms with van der Waals surface area (Å²) in [6.07, 6.45) is 8.05. The molecule has 0 aromatic heterocycles. The fraction of sp³-hybridized carbons (Fsp3) is 1.00. The van der Waals surface area contributed by atoms with Crippen molar-refractivity contribution in [3.63, 3.8) is 0 Å². The van der Waals surface area contributed by atoms with E-state index in [1.165, 1.54) is 38.5 Å². The van der Waals surface area contributed by atoms with Crippen LogP contribution in [0.4, 0.5) is 0 Å². The third kappa shape index (κ3) is 7.59. The lowest BCUT2D eigenvalue weighted by Gasteiger charge is -2.39. The van der Waals surface area contributed by atoms with Gasteiger partial charge in [0.1, 0.15) is 0 Å². The minimum Gasteiger partial charge on any atom is -0.380 e. The van der Waals surface area contributed by atoms with Gasteiger partial charge in [-0.25, -0.2) is 0 Å². The molecule has 0 unspecified atom stereocenters. The quantitative estimate of drug-likeness (QED) is 0.562. The van der Waals surface area contributed by atoms with Crippen LogP contribution in [0.1, 0.15) is 52.4 Å². The molecule has 0 amide bonds. The second-order valence-corrected chi connectivity index (χ2v) is 6.08. The minimum absolute atomic E-state index is 0.369. The smallest absolute Gasteiger partial charge is 0.0593 e. The van der Waals surface area contributed by atoms with Crippen LogP contribution in [0.15, 0.2) is 0 Å². The van der Waals surface area contributed by atoms with Gasteiger partial charge in [0.2, 0.25) is 0 Å². The van der Waals surface area contributed by atoms with Gasteiger partial charge in [-0.05, 0) is 40.2 Å². The topological polar surface area (TPSA) is 33.7 Å². The molecule has 1 fully saturated rings.